The van der Waals surface area contributed by atoms with Crippen molar-refractivity contribution in [3.63, 3.8) is 0 Å². The molecular formula is C35H73N3O3Si. The smallest absolute Gasteiger partial charge is 0.0632 e. The highest BCUT2D eigenvalue weighted by Gasteiger charge is 2.41. The van der Waals surface area contributed by atoms with Crippen molar-refractivity contribution in [3.05, 3.63) is 12.7 Å². The van der Waals surface area contributed by atoms with Crippen LogP contribution in [-0.4, -0.2) is 43.0 Å². The van der Waals surface area contributed by atoms with Gasteiger partial charge in [0.2, 0.25) is 0 Å². The normalized spacial score (nSPS) is 17.4. The summed E-state index contributed by atoms with van der Waals surface area (Å²) in [6.45, 7) is 42.6. The summed E-state index contributed by atoms with van der Waals surface area (Å²) in [7, 11) is 0.941. The van der Waals surface area contributed by atoms with E-state index in [0.29, 0.717) is 59.2 Å². The van der Waals surface area contributed by atoms with Crippen LogP contribution in [-0.2, 0) is 0 Å². The van der Waals surface area contributed by atoms with Crippen LogP contribution in [0, 0.1) is 64.6 Å². The largest absolute Gasteiger partial charge is 0.411 e. The predicted octanol–water partition coefficient (Wildman–Crippen LogP) is 9.67. The summed E-state index contributed by atoms with van der Waals surface area (Å²) in [4.78, 5) is 0. The molecule has 0 fully saturated rings. The van der Waals surface area contributed by atoms with Crippen LogP contribution >= 0.6 is 0 Å². The zero-order valence-electron chi connectivity index (χ0n) is 31.2. The third-order valence-electron chi connectivity index (χ3n) is 10.4. The Balaban J connectivity index is -0.000000548. The molecule has 250 valence electrons. The van der Waals surface area contributed by atoms with Gasteiger partial charge in [-0.15, -0.1) is 6.58 Å². The Labute approximate surface area is 265 Å². The molecule has 0 aromatic heterocycles. The minimum Gasteiger partial charge on any atom is -0.411 e. The molecule has 6 nitrogen and oxygen atoms in total. The Morgan fingerprint density at radius 3 is 0.905 bits per heavy atom. The molecule has 0 saturated carbocycles. The summed E-state index contributed by atoms with van der Waals surface area (Å²) in [6, 6.07) is 0. The highest BCUT2D eigenvalue weighted by molar-refractivity contribution is 6.30. The van der Waals surface area contributed by atoms with Crippen LogP contribution in [0.15, 0.2) is 28.1 Å². The lowest BCUT2D eigenvalue weighted by Crippen LogP contribution is -2.39. The SMILES string of the molecule is C=CC(C)(C)C(C)([SiH3])C(=NO)C(C)C(C)C.CC(C)C(C)C(=NO)C(C)C(C)C.CC(C)C(C)C(=NO)C(C)C(C)C. The fourth-order valence-corrected chi connectivity index (χ4v) is 5.01. The first-order valence-corrected chi connectivity index (χ1v) is 17.2. The lowest BCUT2D eigenvalue weighted by molar-refractivity contribution is 0.295. The molecule has 0 amide bonds. The molecule has 0 aromatic rings. The third-order valence-corrected chi connectivity index (χ3v) is 12.2. The first kappa shape index (κ1) is 44.8. The van der Waals surface area contributed by atoms with E-state index in [-0.39, 0.29) is 10.5 Å². The Morgan fingerprint density at radius 2 is 0.762 bits per heavy atom. The van der Waals surface area contributed by atoms with E-state index in [1.54, 1.807) is 0 Å². The zero-order chi connectivity index (χ0) is 34.3. The van der Waals surface area contributed by atoms with Gasteiger partial charge >= 0.3 is 0 Å². The van der Waals surface area contributed by atoms with Crippen molar-refractivity contribution >= 4 is 27.4 Å². The molecule has 0 spiro atoms. The number of allylic oxidation sites excluding steroid dienone is 1. The quantitative estimate of drug-likeness (QED) is 0.0636. The Morgan fingerprint density at radius 1 is 0.524 bits per heavy atom. The summed E-state index contributed by atoms with van der Waals surface area (Å²) in [6.07, 6.45) is 1.97. The van der Waals surface area contributed by atoms with E-state index in [2.05, 4.69) is 147 Å². The molecular weight excluding hydrogens is 538 g/mol. The summed E-state index contributed by atoms with van der Waals surface area (Å²) in [5.74, 6) is 4.37. The molecule has 0 radical (unpaired) electrons. The van der Waals surface area contributed by atoms with Crippen molar-refractivity contribution in [2.75, 3.05) is 0 Å². The second kappa shape index (κ2) is 20.3. The number of hydrogen-bond donors (Lipinski definition) is 3. The van der Waals surface area contributed by atoms with E-state index in [1.165, 1.54) is 0 Å². The maximum Gasteiger partial charge on any atom is 0.0632 e. The van der Waals surface area contributed by atoms with Crippen molar-refractivity contribution < 1.29 is 15.6 Å². The van der Waals surface area contributed by atoms with E-state index in [1.807, 2.05) is 6.08 Å². The topological polar surface area (TPSA) is 97.8 Å². The fraction of sp³-hybridized carbons (Fsp3) is 0.857. The van der Waals surface area contributed by atoms with E-state index >= 15 is 0 Å². The minimum atomic E-state index is -0.0623. The van der Waals surface area contributed by atoms with Crippen LogP contribution in [0.4, 0.5) is 0 Å². The van der Waals surface area contributed by atoms with Gasteiger partial charge in [0.15, 0.2) is 0 Å². The van der Waals surface area contributed by atoms with E-state index in [0.717, 1.165) is 27.4 Å². The molecule has 0 aromatic carbocycles. The highest BCUT2D eigenvalue weighted by atomic mass is 28.1. The third kappa shape index (κ3) is 13.8. The Bertz CT molecular complexity index is 770. The molecule has 0 aliphatic carbocycles. The van der Waals surface area contributed by atoms with Crippen LogP contribution < -0.4 is 0 Å². The average Bonchev–Trinajstić information content (AvgIpc) is 2.89. The lowest BCUT2D eigenvalue weighted by Gasteiger charge is -2.42. The van der Waals surface area contributed by atoms with Gasteiger partial charge in [-0.1, -0.05) is 146 Å². The van der Waals surface area contributed by atoms with Crippen LogP contribution in [0.25, 0.3) is 0 Å². The summed E-state index contributed by atoms with van der Waals surface area (Å²) < 4.78 is 0. The van der Waals surface area contributed by atoms with Crippen molar-refractivity contribution in [1.82, 2.24) is 0 Å². The zero-order valence-corrected chi connectivity index (χ0v) is 33.2. The standard InChI is InChI=1S/C13H27NOSi.2C11H23NO/c1-8-12(5,6)13(7,16)11(14-15)10(4)9(2)3;2*1-7(2)9(5)11(12-13)10(6)8(3)4/h8-10,15H,1H2,2-7,16H3;2*7-10,13H,1-6H3. The highest BCUT2D eigenvalue weighted by Crippen LogP contribution is 2.47. The second-order valence-corrected chi connectivity index (χ2v) is 17.2. The van der Waals surface area contributed by atoms with Crippen molar-refractivity contribution in [3.8, 4) is 0 Å². The van der Waals surface area contributed by atoms with Gasteiger partial charge in [-0.25, -0.2) is 0 Å². The monoisotopic (exact) mass is 612 g/mol. The summed E-state index contributed by atoms with van der Waals surface area (Å²) >= 11 is 0. The van der Waals surface area contributed by atoms with Crippen LogP contribution in [0.2, 0.25) is 5.04 Å². The van der Waals surface area contributed by atoms with E-state index < -0.39 is 0 Å². The van der Waals surface area contributed by atoms with Gasteiger partial charge in [0.05, 0.1) is 17.1 Å². The average molecular weight is 612 g/mol. The van der Waals surface area contributed by atoms with Crippen molar-refractivity contribution in [2.45, 2.75) is 130 Å². The van der Waals surface area contributed by atoms with Crippen molar-refractivity contribution in [2.24, 2.45) is 80.1 Å². The summed E-state index contributed by atoms with van der Waals surface area (Å²) in [5, 5.41) is 37.7. The lowest BCUT2D eigenvalue weighted by atomic mass is 9.71. The summed E-state index contributed by atoms with van der Waals surface area (Å²) in [5.41, 5.74) is 2.75. The molecule has 0 bridgehead atoms. The predicted molar refractivity (Wildman–Crippen MR) is 190 cm³/mol. The number of hydrogen-bond acceptors (Lipinski definition) is 6. The fourth-order valence-electron chi connectivity index (χ4n) is 4.25. The van der Waals surface area contributed by atoms with Gasteiger partial charge in [0, 0.05) is 44.9 Å². The maximum absolute atomic E-state index is 9.32. The number of oxime groups is 3. The van der Waals surface area contributed by atoms with Crippen molar-refractivity contribution in [1.29, 1.82) is 0 Å². The van der Waals surface area contributed by atoms with Crippen LogP contribution in [0.5, 0.6) is 0 Å². The first-order valence-electron chi connectivity index (χ1n) is 16.2. The van der Waals surface area contributed by atoms with Gasteiger partial charge in [-0.05, 0) is 35.0 Å². The Hall–Kier alpha value is -1.63. The molecule has 0 saturated heterocycles. The minimum absolute atomic E-state index is 0.0378. The number of nitrogens with zero attached hydrogens (tertiary/aromatic N) is 3. The van der Waals surface area contributed by atoms with Gasteiger partial charge in [-0.3, -0.25) is 0 Å². The molecule has 6 unspecified atom stereocenters. The molecule has 0 aliphatic heterocycles. The molecule has 0 rings (SSSR count). The Kier molecular flexibility index (Phi) is 21.7. The van der Waals surface area contributed by atoms with Gasteiger partial charge in [0.25, 0.3) is 0 Å². The molecule has 3 N–H and O–H groups in total. The maximum atomic E-state index is 9.32. The first-order chi connectivity index (χ1) is 18.9. The number of rotatable bonds is 13. The van der Waals surface area contributed by atoms with E-state index in [4.69, 9.17) is 10.4 Å². The second-order valence-electron chi connectivity index (χ2n) is 15.2. The van der Waals surface area contributed by atoms with Gasteiger partial charge in [-0.2, -0.15) is 0 Å². The molecule has 0 aliphatic rings. The molecule has 42 heavy (non-hydrogen) atoms. The van der Waals surface area contributed by atoms with Crippen LogP contribution in [0.3, 0.4) is 0 Å². The molecule has 6 atom stereocenters. The molecule has 0 heterocycles. The van der Waals surface area contributed by atoms with E-state index in [9.17, 15) is 5.21 Å². The van der Waals surface area contributed by atoms with Crippen LogP contribution in [0.1, 0.15) is 125 Å². The molecule has 7 heteroatoms. The van der Waals surface area contributed by atoms with Gasteiger partial charge in [0.1, 0.15) is 0 Å². The van der Waals surface area contributed by atoms with Gasteiger partial charge < -0.3 is 15.6 Å².